The van der Waals surface area contributed by atoms with Crippen molar-refractivity contribution in [1.29, 1.82) is 0 Å². The summed E-state index contributed by atoms with van der Waals surface area (Å²) in [5, 5.41) is 1.72. The molecule has 2 heterocycles. The minimum Gasteiger partial charge on any atom is -0.295 e. The molecule has 0 radical (unpaired) electrons. The molecule has 0 bridgehead atoms. The van der Waals surface area contributed by atoms with E-state index in [1.54, 1.807) is 6.20 Å². The standard InChI is InChI=1S/C18H23ClN2O2S/c1-2-3-8-21(17-6-9-24(22,23)13-17)12-15-11-16(19)10-14-5-4-7-20-18(14)15/h4-5,7,10-11,17H,2-3,6,8-9,12-13H2,1H3. The lowest BCUT2D eigenvalue weighted by molar-refractivity contribution is 0.201. The van der Waals surface area contributed by atoms with Crippen molar-refractivity contribution < 1.29 is 8.42 Å². The highest BCUT2D eigenvalue weighted by Gasteiger charge is 2.32. The third-order valence-electron chi connectivity index (χ3n) is 4.65. The normalized spacial score (nSPS) is 20.0. The summed E-state index contributed by atoms with van der Waals surface area (Å²) in [4.78, 5) is 6.81. The average molecular weight is 367 g/mol. The minimum atomic E-state index is -2.89. The molecule has 130 valence electrons. The lowest BCUT2D eigenvalue weighted by Gasteiger charge is -2.28. The number of fused-ring (bicyclic) bond motifs is 1. The van der Waals surface area contributed by atoms with Crippen LogP contribution in [0.15, 0.2) is 30.5 Å². The zero-order chi connectivity index (χ0) is 17.2. The molecule has 0 aliphatic carbocycles. The Hall–Kier alpha value is -1.17. The van der Waals surface area contributed by atoms with E-state index in [1.807, 2.05) is 24.3 Å². The van der Waals surface area contributed by atoms with Crippen molar-refractivity contribution in [3.63, 3.8) is 0 Å². The minimum absolute atomic E-state index is 0.0966. The number of unbranched alkanes of at least 4 members (excludes halogenated alkanes) is 1. The topological polar surface area (TPSA) is 50.3 Å². The van der Waals surface area contributed by atoms with Crippen LogP contribution in [0.4, 0.5) is 0 Å². The molecule has 3 rings (SSSR count). The van der Waals surface area contributed by atoms with Crippen LogP contribution >= 0.6 is 11.6 Å². The Morgan fingerprint density at radius 2 is 2.21 bits per heavy atom. The van der Waals surface area contributed by atoms with Crippen molar-refractivity contribution in [2.75, 3.05) is 18.1 Å². The van der Waals surface area contributed by atoms with Crippen molar-refractivity contribution in [2.45, 2.75) is 38.8 Å². The molecule has 0 N–H and O–H groups in total. The SMILES string of the molecule is CCCCN(Cc1cc(Cl)cc2cccnc12)C1CCS(=O)(=O)C1. The van der Waals surface area contributed by atoms with Gasteiger partial charge in [0, 0.05) is 29.2 Å². The van der Waals surface area contributed by atoms with Crippen LogP contribution in [0.1, 0.15) is 31.7 Å². The van der Waals surface area contributed by atoms with E-state index < -0.39 is 9.84 Å². The number of sulfone groups is 1. The van der Waals surface area contributed by atoms with Crippen molar-refractivity contribution in [3.8, 4) is 0 Å². The van der Waals surface area contributed by atoms with Gasteiger partial charge >= 0.3 is 0 Å². The largest absolute Gasteiger partial charge is 0.295 e. The lowest BCUT2D eigenvalue weighted by atomic mass is 10.1. The number of hydrogen-bond acceptors (Lipinski definition) is 4. The summed E-state index contributed by atoms with van der Waals surface area (Å²) in [6, 6.07) is 7.89. The Bertz CT molecular complexity index is 823. The number of pyridine rings is 1. The van der Waals surface area contributed by atoms with E-state index in [2.05, 4.69) is 16.8 Å². The van der Waals surface area contributed by atoms with Crippen molar-refractivity contribution in [1.82, 2.24) is 9.88 Å². The molecule has 1 atom stereocenters. The molecule has 2 aromatic rings. The van der Waals surface area contributed by atoms with E-state index in [1.165, 1.54) is 0 Å². The van der Waals surface area contributed by atoms with E-state index in [0.717, 1.165) is 42.3 Å². The van der Waals surface area contributed by atoms with Gasteiger partial charge in [-0.3, -0.25) is 9.88 Å². The number of halogens is 1. The summed E-state index contributed by atoms with van der Waals surface area (Å²) >= 11 is 6.27. The Labute approximate surface area is 148 Å². The maximum absolute atomic E-state index is 11.9. The number of benzene rings is 1. The summed E-state index contributed by atoms with van der Waals surface area (Å²) < 4.78 is 23.8. The molecule has 1 aliphatic rings. The maximum atomic E-state index is 11.9. The van der Waals surface area contributed by atoms with Gasteiger partial charge in [0.05, 0.1) is 17.0 Å². The molecule has 0 saturated carbocycles. The van der Waals surface area contributed by atoms with Crippen molar-refractivity contribution in [3.05, 3.63) is 41.0 Å². The molecule has 1 aliphatic heterocycles. The highest BCUT2D eigenvalue weighted by Crippen LogP contribution is 2.26. The van der Waals surface area contributed by atoms with Gasteiger partial charge in [0.1, 0.15) is 0 Å². The van der Waals surface area contributed by atoms with Crippen LogP contribution in [0.25, 0.3) is 10.9 Å². The summed E-state index contributed by atoms with van der Waals surface area (Å²) in [6.07, 6.45) is 4.65. The monoisotopic (exact) mass is 366 g/mol. The Balaban J connectivity index is 1.90. The summed E-state index contributed by atoms with van der Waals surface area (Å²) in [5.74, 6) is 0.567. The van der Waals surface area contributed by atoms with E-state index in [0.29, 0.717) is 17.3 Å². The van der Waals surface area contributed by atoms with Gasteiger partial charge in [-0.25, -0.2) is 8.42 Å². The van der Waals surface area contributed by atoms with Crippen LogP contribution in [0.2, 0.25) is 5.02 Å². The zero-order valence-electron chi connectivity index (χ0n) is 13.9. The number of rotatable bonds is 6. The highest BCUT2D eigenvalue weighted by atomic mass is 35.5. The van der Waals surface area contributed by atoms with Crippen LogP contribution in [0.5, 0.6) is 0 Å². The summed E-state index contributed by atoms with van der Waals surface area (Å²) in [7, 11) is -2.89. The molecular formula is C18H23ClN2O2S. The molecule has 6 heteroatoms. The van der Waals surface area contributed by atoms with Gasteiger partial charge in [-0.05, 0) is 43.1 Å². The van der Waals surface area contributed by atoms with Gasteiger partial charge in [-0.1, -0.05) is 31.0 Å². The second kappa shape index (κ2) is 7.38. The van der Waals surface area contributed by atoms with Crippen LogP contribution in [0, 0.1) is 0 Å². The molecule has 1 aromatic carbocycles. The zero-order valence-corrected chi connectivity index (χ0v) is 15.5. The predicted octanol–water partition coefficient (Wildman–Crippen LogP) is 3.68. The highest BCUT2D eigenvalue weighted by molar-refractivity contribution is 7.91. The van der Waals surface area contributed by atoms with Crippen LogP contribution in [-0.4, -0.2) is 42.4 Å². The van der Waals surface area contributed by atoms with E-state index in [-0.39, 0.29) is 11.8 Å². The van der Waals surface area contributed by atoms with E-state index in [9.17, 15) is 8.42 Å². The molecule has 4 nitrogen and oxygen atoms in total. The fourth-order valence-corrected chi connectivity index (χ4v) is 5.39. The van der Waals surface area contributed by atoms with Crippen molar-refractivity contribution in [2.24, 2.45) is 0 Å². The molecule has 1 fully saturated rings. The fourth-order valence-electron chi connectivity index (χ4n) is 3.38. The third-order valence-corrected chi connectivity index (χ3v) is 6.61. The van der Waals surface area contributed by atoms with Gasteiger partial charge in [-0.15, -0.1) is 0 Å². The van der Waals surface area contributed by atoms with Crippen LogP contribution in [-0.2, 0) is 16.4 Å². The fraction of sp³-hybridized carbons (Fsp3) is 0.500. The smallest absolute Gasteiger partial charge is 0.151 e. The second-order valence-electron chi connectivity index (χ2n) is 6.52. The Morgan fingerprint density at radius 1 is 1.38 bits per heavy atom. The summed E-state index contributed by atoms with van der Waals surface area (Å²) in [6.45, 7) is 3.74. The van der Waals surface area contributed by atoms with Gasteiger partial charge in [-0.2, -0.15) is 0 Å². The van der Waals surface area contributed by atoms with Crippen LogP contribution < -0.4 is 0 Å². The molecule has 1 unspecified atom stereocenters. The lowest BCUT2D eigenvalue weighted by Crippen LogP contribution is -2.36. The predicted molar refractivity (Wildman–Crippen MR) is 99.1 cm³/mol. The van der Waals surface area contributed by atoms with Gasteiger partial charge in [0.2, 0.25) is 0 Å². The maximum Gasteiger partial charge on any atom is 0.151 e. The van der Waals surface area contributed by atoms with Crippen LogP contribution in [0.3, 0.4) is 0 Å². The molecule has 1 aromatic heterocycles. The number of nitrogens with zero attached hydrogens (tertiary/aromatic N) is 2. The Kier molecular flexibility index (Phi) is 5.42. The first kappa shape index (κ1) is 17.6. The third kappa shape index (κ3) is 4.08. The number of aromatic nitrogens is 1. The van der Waals surface area contributed by atoms with Gasteiger partial charge in [0.15, 0.2) is 9.84 Å². The molecule has 0 amide bonds. The summed E-state index contributed by atoms with van der Waals surface area (Å²) in [5.41, 5.74) is 2.02. The molecule has 24 heavy (non-hydrogen) atoms. The molecular weight excluding hydrogens is 344 g/mol. The quantitative estimate of drug-likeness (QED) is 0.782. The van der Waals surface area contributed by atoms with E-state index >= 15 is 0 Å². The number of hydrogen-bond donors (Lipinski definition) is 0. The molecule has 1 saturated heterocycles. The first-order valence-corrected chi connectivity index (χ1v) is 10.7. The van der Waals surface area contributed by atoms with E-state index in [4.69, 9.17) is 11.6 Å². The Morgan fingerprint density at radius 3 is 2.92 bits per heavy atom. The first-order valence-electron chi connectivity index (χ1n) is 8.46. The second-order valence-corrected chi connectivity index (χ2v) is 9.19. The van der Waals surface area contributed by atoms with Gasteiger partial charge < -0.3 is 0 Å². The van der Waals surface area contributed by atoms with Crippen molar-refractivity contribution >= 4 is 32.3 Å². The average Bonchev–Trinajstić information content (AvgIpc) is 2.91. The molecule has 0 spiro atoms. The van der Waals surface area contributed by atoms with Gasteiger partial charge in [0.25, 0.3) is 0 Å². The first-order chi connectivity index (χ1) is 11.5.